The SMILES string of the molecule is NC(=O)c1ccc(CN2CCOCC2C(=O)O)cc1. The van der Waals surface area contributed by atoms with Crippen LogP contribution in [0.3, 0.4) is 0 Å². The smallest absolute Gasteiger partial charge is 0.323 e. The number of morpholine rings is 1. The van der Waals surface area contributed by atoms with Crippen LogP contribution < -0.4 is 5.73 Å². The van der Waals surface area contributed by atoms with Crippen molar-refractivity contribution in [1.29, 1.82) is 0 Å². The van der Waals surface area contributed by atoms with E-state index in [0.717, 1.165) is 5.56 Å². The number of carboxylic acids is 1. The lowest BCUT2D eigenvalue weighted by Gasteiger charge is -2.32. The molecule has 1 aliphatic heterocycles. The fourth-order valence-electron chi connectivity index (χ4n) is 2.06. The van der Waals surface area contributed by atoms with Gasteiger partial charge in [-0.05, 0) is 17.7 Å². The highest BCUT2D eigenvalue weighted by Gasteiger charge is 2.28. The first-order valence-electron chi connectivity index (χ1n) is 6.01. The first-order valence-corrected chi connectivity index (χ1v) is 6.01. The summed E-state index contributed by atoms with van der Waals surface area (Å²) in [6.45, 7) is 1.83. The van der Waals surface area contributed by atoms with Crippen molar-refractivity contribution in [3.63, 3.8) is 0 Å². The van der Waals surface area contributed by atoms with E-state index in [1.165, 1.54) is 0 Å². The standard InChI is InChI=1S/C13H16N2O4/c14-12(16)10-3-1-9(2-4-10)7-15-5-6-19-8-11(15)13(17)18/h1-4,11H,5-8H2,(H2,14,16)(H,17,18). The third-order valence-electron chi connectivity index (χ3n) is 3.15. The predicted molar refractivity (Wildman–Crippen MR) is 67.6 cm³/mol. The first kappa shape index (κ1) is 13.5. The fraction of sp³-hybridized carbons (Fsp3) is 0.385. The minimum absolute atomic E-state index is 0.203. The van der Waals surface area contributed by atoms with E-state index in [9.17, 15) is 9.59 Å². The summed E-state index contributed by atoms with van der Waals surface area (Å²) < 4.78 is 5.18. The number of ether oxygens (including phenoxy) is 1. The minimum Gasteiger partial charge on any atom is -0.480 e. The zero-order chi connectivity index (χ0) is 13.8. The van der Waals surface area contributed by atoms with Crippen LogP contribution in [0.4, 0.5) is 0 Å². The summed E-state index contributed by atoms with van der Waals surface area (Å²) in [5.41, 5.74) is 6.55. The first-order chi connectivity index (χ1) is 9.08. The molecule has 1 aromatic carbocycles. The summed E-state index contributed by atoms with van der Waals surface area (Å²) in [5.74, 6) is -1.35. The molecular weight excluding hydrogens is 248 g/mol. The van der Waals surface area contributed by atoms with Crippen LogP contribution in [0.1, 0.15) is 15.9 Å². The quantitative estimate of drug-likeness (QED) is 0.802. The number of amides is 1. The zero-order valence-electron chi connectivity index (χ0n) is 10.4. The molecule has 3 N–H and O–H groups in total. The third-order valence-corrected chi connectivity index (χ3v) is 3.15. The Balaban J connectivity index is 2.06. The zero-order valence-corrected chi connectivity index (χ0v) is 10.4. The Labute approximate surface area is 110 Å². The van der Waals surface area contributed by atoms with Crippen LogP contribution in [0.15, 0.2) is 24.3 Å². The summed E-state index contributed by atoms with van der Waals surface area (Å²) in [7, 11) is 0. The second-order valence-electron chi connectivity index (χ2n) is 4.46. The monoisotopic (exact) mass is 264 g/mol. The van der Waals surface area contributed by atoms with Crippen LogP contribution >= 0.6 is 0 Å². The molecule has 19 heavy (non-hydrogen) atoms. The van der Waals surface area contributed by atoms with Gasteiger partial charge in [-0.25, -0.2) is 0 Å². The molecule has 1 amide bonds. The van der Waals surface area contributed by atoms with Crippen LogP contribution in [0, 0.1) is 0 Å². The molecule has 0 aliphatic carbocycles. The molecule has 1 aliphatic rings. The number of aliphatic carboxylic acids is 1. The molecule has 0 spiro atoms. The van der Waals surface area contributed by atoms with Gasteiger partial charge in [-0.15, -0.1) is 0 Å². The van der Waals surface area contributed by atoms with Crippen molar-refractivity contribution in [2.24, 2.45) is 5.73 Å². The normalized spacial score (nSPS) is 20.1. The number of carboxylic acid groups (broad SMARTS) is 1. The number of rotatable bonds is 4. The van der Waals surface area contributed by atoms with E-state index >= 15 is 0 Å². The van der Waals surface area contributed by atoms with Crippen molar-refractivity contribution in [3.8, 4) is 0 Å². The molecule has 6 heteroatoms. The maximum Gasteiger partial charge on any atom is 0.323 e. The maximum absolute atomic E-state index is 11.1. The van der Waals surface area contributed by atoms with Crippen molar-refractivity contribution in [3.05, 3.63) is 35.4 Å². The van der Waals surface area contributed by atoms with Gasteiger partial charge in [0.05, 0.1) is 13.2 Å². The lowest BCUT2D eigenvalue weighted by molar-refractivity contribution is -0.150. The highest BCUT2D eigenvalue weighted by molar-refractivity contribution is 5.92. The molecule has 1 atom stereocenters. The Bertz CT molecular complexity index is 472. The Kier molecular flexibility index (Phi) is 4.13. The minimum atomic E-state index is -0.881. The van der Waals surface area contributed by atoms with E-state index in [2.05, 4.69) is 0 Å². The lowest BCUT2D eigenvalue weighted by atomic mass is 10.1. The molecule has 0 bridgehead atoms. The van der Waals surface area contributed by atoms with Crippen LogP contribution in [0.5, 0.6) is 0 Å². The second-order valence-corrected chi connectivity index (χ2v) is 4.46. The summed E-state index contributed by atoms with van der Waals surface area (Å²) >= 11 is 0. The van der Waals surface area contributed by atoms with E-state index in [1.54, 1.807) is 24.3 Å². The van der Waals surface area contributed by atoms with E-state index < -0.39 is 17.9 Å². The predicted octanol–water partition coefficient (Wildman–Crippen LogP) is 0.0709. The highest BCUT2D eigenvalue weighted by Crippen LogP contribution is 2.13. The van der Waals surface area contributed by atoms with E-state index in [-0.39, 0.29) is 6.61 Å². The van der Waals surface area contributed by atoms with Gasteiger partial charge in [-0.2, -0.15) is 0 Å². The average Bonchev–Trinajstić information content (AvgIpc) is 2.39. The molecule has 0 saturated carbocycles. The van der Waals surface area contributed by atoms with Crippen molar-refractivity contribution in [1.82, 2.24) is 4.90 Å². The van der Waals surface area contributed by atoms with Crippen LogP contribution in [-0.2, 0) is 16.1 Å². The van der Waals surface area contributed by atoms with Gasteiger partial charge in [0.2, 0.25) is 5.91 Å². The molecule has 1 saturated heterocycles. The van der Waals surface area contributed by atoms with Gasteiger partial charge in [-0.3, -0.25) is 14.5 Å². The topological polar surface area (TPSA) is 92.9 Å². The number of hydrogen-bond donors (Lipinski definition) is 2. The third kappa shape index (κ3) is 3.30. The molecule has 1 fully saturated rings. The highest BCUT2D eigenvalue weighted by atomic mass is 16.5. The van der Waals surface area contributed by atoms with Crippen molar-refractivity contribution in [2.45, 2.75) is 12.6 Å². The molecule has 1 aromatic rings. The maximum atomic E-state index is 11.1. The van der Waals surface area contributed by atoms with Gasteiger partial charge in [-0.1, -0.05) is 12.1 Å². The molecule has 1 unspecified atom stereocenters. The fourth-order valence-corrected chi connectivity index (χ4v) is 2.06. The van der Waals surface area contributed by atoms with E-state index in [0.29, 0.717) is 25.3 Å². The lowest BCUT2D eigenvalue weighted by Crippen LogP contribution is -2.49. The summed E-state index contributed by atoms with van der Waals surface area (Å²) in [5, 5.41) is 9.12. The molecule has 2 rings (SSSR count). The molecule has 6 nitrogen and oxygen atoms in total. The van der Waals surface area contributed by atoms with Gasteiger partial charge in [0.15, 0.2) is 0 Å². The Morgan fingerprint density at radius 3 is 2.63 bits per heavy atom. The summed E-state index contributed by atoms with van der Waals surface area (Å²) in [6, 6.07) is 6.25. The van der Waals surface area contributed by atoms with Gasteiger partial charge in [0.1, 0.15) is 6.04 Å². The Morgan fingerprint density at radius 2 is 2.05 bits per heavy atom. The van der Waals surface area contributed by atoms with Crippen molar-refractivity contribution >= 4 is 11.9 Å². The van der Waals surface area contributed by atoms with Gasteiger partial charge >= 0.3 is 5.97 Å². The second kappa shape index (κ2) is 5.81. The summed E-state index contributed by atoms with van der Waals surface area (Å²) in [6.07, 6.45) is 0. The number of primary amides is 1. The molecule has 102 valence electrons. The van der Waals surface area contributed by atoms with Gasteiger partial charge < -0.3 is 15.6 Å². The number of carbonyl (C=O) groups excluding carboxylic acids is 1. The number of benzene rings is 1. The van der Waals surface area contributed by atoms with Crippen LogP contribution in [0.2, 0.25) is 0 Å². The van der Waals surface area contributed by atoms with E-state index in [1.807, 2.05) is 4.90 Å². The Morgan fingerprint density at radius 1 is 1.37 bits per heavy atom. The molecule has 0 aromatic heterocycles. The largest absolute Gasteiger partial charge is 0.480 e. The van der Waals surface area contributed by atoms with Crippen LogP contribution in [-0.4, -0.2) is 47.7 Å². The summed E-state index contributed by atoms with van der Waals surface area (Å²) in [4.78, 5) is 23.9. The number of hydrogen-bond acceptors (Lipinski definition) is 4. The van der Waals surface area contributed by atoms with Gasteiger partial charge in [0, 0.05) is 18.7 Å². The van der Waals surface area contributed by atoms with Crippen molar-refractivity contribution < 1.29 is 19.4 Å². The molecule has 1 heterocycles. The van der Waals surface area contributed by atoms with E-state index in [4.69, 9.17) is 15.6 Å². The Hall–Kier alpha value is -1.92. The van der Waals surface area contributed by atoms with Gasteiger partial charge in [0.25, 0.3) is 0 Å². The average molecular weight is 264 g/mol. The number of nitrogens with zero attached hydrogens (tertiary/aromatic N) is 1. The molecule has 0 radical (unpaired) electrons. The molecular formula is C13H16N2O4. The van der Waals surface area contributed by atoms with Crippen LogP contribution in [0.25, 0.3) is 0 Å². The van der Waals surface area contributed by atoms with Crippen molar-refractivity contribution in [2.75, 3.05) is 19.8 Å². The number of nitrogens with two attached hydrogens (primary N) is 1. The number of carbonyl (C=O) groups is 2.